The van der Waals surface area contributed by atoms with Crippen molar-refractivity contribution in [2.75, 3.05) is 14.2 Å². The molecule has 6 aromatic rings. The molecule has 0 spiro atoms. The molecule has 0 bridgehead atoms. The second-order valence-electron chi connectivity index (χ2n) is 9.46. The van der Waals surface area contributed by atoms with E-state index in [1.165, 1.54) is 36.4 Å². The summed E-state index contributed by atoms with van der Waals surface area (Å²) >= 11 is 0. The molecule has 6 rings (SSSR count). The van der Waals surface area contributed by atoms with Gasteiger partial charge >= 0.3 is 0 Å². The number of fused-ring (bicyclic) bond motifs is 2. The van der Waals surface area contributed by atoms with Crippen LogP contribution in [0.2, 0.25) is 0 Å². The maximum absolute atomic E-state index is 13.1. The van der Waals surface area contributed by atoms with E-state index in [1.807, 2.05) is 0 Å². The fourth-order valence-electron chi connectivity index (χ4n) is 4.84. The number of benzene rings is 4. The quantitative estimate of drug-likeness (QED) is 0.251. The van der Waals surface area contributed by atoms with E-state index in [9.17, 15) is 19.8 Å². The van der Waals surface area contributed by atoms with Gasteiger partial charge in [0.15, 0.2) is 10.9 Å². The minimum absolute atomic E-state index is 0.0869. The molecule has 8 heteroatoms. The molecule has 0 fully saturated rings. The minimum Gasteiger partial charge on any atom is -0.508 e. The van der Waals surface area contributed by atoms with Gasteiger partial charge in [0.2, 0.25) is 0 Å². The Morgan fingerprint density at radius 3 is 1.34 bits per heavy atom. The third-order valence-electron chi connectivity index (χ3n) is 7.05. The lowest BCUT2D eigenvalue weighted by atomic mass is 9.98. The van der Waals surface area contributed by atoms with Crippen molar-refractivity contribution in [3.63, 3.8) is 0 Å². The number of methoxy groups -OCH3 is 2. The molecule has 204 valence electrons. The summed E-state index contributed by atoms with van der Waals surface area (Å²) in [5.41, 5.74) is 1.53. The molecule has 0 atom stereocenters. The lowest BCUT2D eigenvalue weighted by Crippen LogP contribution is -2.05. The van der Waals surface area contributed by atoms with Crippen LogP contribution in [-0.2, 0) is 6.42 Å². The van der Waals surface area contributed by atoms with Crippen molar-refractivity contribution < 1.29 is 28.5 Å². The molecule has 2 N–H and O–H groups in total. The number of ether oxygens (including phenoxy) is 2. The van der Waals surface area contributed by atoms with Crippen LogP contribution in [0.25, 0.3) is 44.6 Å². The lowest BCUT2D eigenvalue weighted by molar-refractivity contribution is 0.414. The standard InChI is InChI=1S/C33H24O8/c1-38-20-7-3-18(4-8-20)30-16-28(36)22-11-13-26(34)24(32(22)40-30)15-25-27(35)14-12-23-29(37)17-31(41-33(23)25)19-5-9-21(39-2)10-6-19/h3-14,16-17,34-35H,15H2,1-2H3. The molecule has 0 aliphatic carbocycles. The van der Waals surface area contributed by atoms with Crippen LogP contribution < -0.4 is 20.3 Å². The molecule has 2 aromatic heterocycles. The molecule has 0 radical (unpaired) electrons. The second kappa shape index (κ2) is 10.2. The summed E-state index contributed by atoms with van der Waals surface area (Å²) in [6.45, 7) is 0. The third kappa shape index (κ3) is 4.65. The van der Waals surface area contributed by atoms with Crippen molar-refractivity contribution in [2.24, 2.45) is 0 Å². The van der Waals surface area contributed by atoms with Crippen LogP contribution in [-0.4, -0.2) is 24.4 Å². The lowest BCUT2D eigenvalue weighted by Gasteiger charge is -2.13. The third-order valence-corrected chi connectivity index (χ3v) is 7.05. The fourth-order valence-corrected chi connectivity index (χ4v) is 4.84. The Balaban J connectivity index is 1.53. The first kappa shape index (κ1) is 25.8. The van der Waals surface area contributed by atoms with Gasteiger partial charge in [0.05, 0.1) is 25.0 Å². The number of hydrogen-bond donors (Lipinski definition) is 2. The molecule has 0 aliphatic heterocycles. The fraction of sp³-hybridized carbons (Fsp3) is 0.0909. The summed E-state index contributed by atoms with van der Waals surface area (Å²) in [6.07, 6.45) is -0.0869. The van der Waals surface area contributed by atoms with Crippen LogP contribution in [0.4, 0.5) is 0 Å². The average Bonchev–Trinajstić information content (AvgIpc) is 2.99. The van der Waals surface area contributed by atoms with E-state index in [0.29, 0.717) is 34.1 Å². The predicted molar refractivity (Wildman–Crippen MR) is 155 cm³/mol. The van der Waals surface area contributed by atoms with Gasteiger partial charge in [0.1, 0.15) is 45.7 Å². The smallest absolute Gasteiger partial charge is 0.193 e. The largest absolute Gasteiger partial charge is 0.508 e. The van der Waals surface area contributed by atoms with Crippen molar-refractivity contribution in [3.8, 4) is 45.6 Å². The zero-order chi connectivity index (χ0) is 28.7. The molecule has 0 amide bonds. The Morgan fingerprint density at radius 1 is 0.585 bits per heavy atom. The van der Waals surface area contributed by atoms with Crippen LogP contribution in [0.3, 0.4) is 0 Å². The molecule has 0 unspecified atom stereocenters. The molecule has 0 saturated carbocycles. The van der Waals surface area contributed by atoms with Crippen molar-refractivity contribution >= 4 is 21.9 Å². The SMILES string of the molecule is COc1ccc(-c2cc(=O)c3ccc(O)c(Cc4c(O)ccc5c(=O)cc(-c6ccc(OC)cc6)oc45)c3o2)cc1. The van der Waals surface area contributed by atoms with E-state index in [-0.39, 0.29) is 61.8 Å². The van der Waals surface area contributed by atoms with Gasteiger partial charge < -0.3 is 28.5 Å². The van der Waals surface area contributed by atoms with Gasteiger partial charge in [-0.1, -0.05) is 0 Å². The Morgan fingerprint density at radius 2 is 0.976 bits per heavy atom. The molecule has 8 nitrogen and oxygen atoms in total. The van der Waals surface area contributed by atoms with Crippen LogP contribution >= 0.6 is 0 Å². The van der Waals surface area contributed by atoms with Gasteiger partial charge in [0.25, 0.3) is 0 Å². The summed E-state index contributed by atoms with van der Waals surface area (Å²) in [4.78, 5) is 26.2. The minimum atomic E-state index is -0.297. The Bertz CT molecular complexity index is 1890. The number of phenols is 2. The predicted octanol–water partition coefficient (Wildman–Crippen LogP) is 6.25. The average molecular weight is 549 g/mol. The van der Waals surface area contributed by atoms with E-state index >= 15 is 0 Å². The molecular weight excluding hydrogens is 524 g/mol. The van der Waals surface area contributed by atoms with Gasteiger partial charge in [-0.2, -0.15) is 0 Å². The topological polar surface area (TPSA) is 119 Å². The Hall–Kier alpha value is -5.50. The highest BCUT2D eigenvalue weighted by atomic mass is 16.5. The van der Waals surface area contributed by atoms with Gasteiger partial charge in [-0.15, -0.1) is 0 Å². The summed E-state index contributed by atoms with van der Waals surface area (Å²) in [5, 5.41) is 22.4. The first-order valence-electron chi connectivity index (χ1n) is 12.7. The van der Waals surface area contributed by atoms with Gasteiger partial charge in [-0.25, -0.2) is 0 Å². The molecule has 41 heavy (non-hydrogen) atoms. The summed E-state index contributed by atoms with van der Waals surface area (Å²) in [5.74, 6) is 1.62. The normalized spacial score (nSPS) is 11.2. The highest BCUT2D eigenvalue weighted by Gasteiger charge is 2.20. The molecule has 2 heterocycles. The van der Waals surface area contributed by atoms with Crippen molar-refractivity contribution in [2.45, 2.75) is 6.42 Å². The first-order chi connectivity index (χ1) is 19.9. The van der Waals surface area contributed by atoms with E-state index in [2.05, 4.69) is 0 Å². The van der Waals surface area contributed by atoms with Crippen molar-refractivity contribution in [1.82, 2.24) is 0 Å². The van der Waals surface area contributed by atoms with Crippen molar-refractivity contribution in [1.29, 1.82) is 0 Å². The molecule has 0 aliphatic rings. The highest BCUT2D eigenvalue weighted by Crippen LogP contribution is 2.36. The van der Waals surface area contributed by atoms with Crippen molar-refractivity contribution in [3.05, 3.63) is 117 Å². The number of phenolic OH excluding ortho intramolecular Hbond substituents is 2. The van der Waals surface area contributed by atoms with Crippen LogP contribution in [0.5, 0.6) is 23.0 Å². The summed E-state index contributed by atoms with van der Waals surface area (Å²) in [6, 6.07) is 22.6. The Kier molecular flexibility index (Phi) is 6.43. The van der Waals surface area contributed by atoms with Gasteiger partial charge in [-0.3, -0.25) is 9.59 Å². The van der Waals surface area contributed by atoms with E-state index < -0.39 is 0 Å². The Labute approximate surface area is 233 Å². The zero-order valence-electron chi connectivity index (χ0n) is 22.1. The van der Waals surface area contributed by atoms with E-state index in [4.69, 9.17) is 18.3 Å². The highest BCUT2D eigenvalue weighted by molar-refractivity contribution is 5.87. The maximum atomic E-state index is 13.1. The molecule has 4 aromatic carbocycles. The number of hydrogen-bond acceptors (Lipinski definition) is 8. The second-order valence-corrected chi connectivity index (χ2v) is 9.46. The van der Waals surface area contributed by atoms with Gasteiger partial charge in [0, 0.05) is 40.8 Å². The zero-order valence-corrected chi connectivity index (χ0v) is 22.1. The summed E-state index contributed by atoms with van der Waals surface area (Å²) < 4.78 is 22.8. The maximum Gasteiger partial charge on any atom is 0.193 e. The number of aromatic hydroxyl groups is 2. The van der Waals surface area contributed by atoms with E-state index in [0.717, 1.165) is 0 Å². The van der Waals surface area contributed by atoms with Crippen LogP contribution in [0.15, 0.2) is 103 Å². The number of rotatable bonds is 6. The van der Waals surface area contributed by atoms with E-state index in [1.54, 1.807) is 62.8 Å². The monoisotopic (exact) mass is 548 g/mol. The molecular formula is C33H24O8. The summed E-state index contributed by atoms with van der Waals surface area (Å²) in [7, 11) is 3.12. The van der Waals surface area contributed by atoms with Crippen LogP contribution in [0.1, 0.15) is 11.1 Å². The first-order valence-corrected chi connectivity index (χ1v) is 12.7. The van der Waals surface area contributed by atoms with Gasteiger partial charge in [-0.05, 0) is 72.8 Å². The molecule has 0 saturated heterocycles. The van der Waals surface area contributed by atoms with Crippen LogP contribution in [0, 0.1) is 0 Å².